The van der Waals surface area contributed by atoms with Gasteiger partial charge in [0.25, 0.3) is 11.8 Å². The van der Waals surface area contributed by atoms with Gasteiger partial charge in [0.2, 0.25) is 11.8 Å². The first-order valence-electron chi connectivity index (χ1n) is 10.8. The molecule has 4 heterocycles. The van der Waals surface area contributed by atoms with Crippen LogP contribution in [0, 0.1) is 0 Å². The zero-order chi connectivity index (χ0) is 22.2. The Morgan fingerprint density at radius 2 is 1.97 bits per heavy atom. The maximum Gasteiger partial charge on any atom is 0.262 e. The standard InChI is InChI=1S/C22H23N5O4S/c28-18-6-5-17(19(29)26-18)27-20(30)14-4-3-12(8-15(14)21(27)31)9-24-22-25-16(11-32-22)13-2-1-7-23-10-13/h3-4,8,11,13,17,23H,1-2,5-7,9-10H2,(H,24,25)(H,26,28,29). The zero-order valence-corrected chi connectivity index (χ0v) is 18.2. The van der Waals surface area contributed by atoms with Crippen LogP contribution in [0.5, 0.6) is 0 Å². The molecule has 2 atom stereocenters. The van der Waals surface area contributed by atoms with E-state index in [1.165, 1.54) is 0 Å². The van der Waals surface area contributed by atoms with Gasteiger partial charge in [-0.3, -0.25) is 29.4 Å². The Hall–Kier alpha value is -3.11. The Labute approximate surface area is 188 Å². The molecule has 3 aliphatic heterocycles. The van der Waals surface area contributed by atoms with Gasteiger partial charge in [-0.2, -0.15) is 0 Å². The number of nitrogens with one attached hydrogen (secondary N) is 3. The van der Waals surface area contributed by atoms with Gasteiger partial charge in [0.15, 0.2) is 5.13 Å². The van der Waals surface area contributed by atoms with Crippen molar-refractivity contribution in [1.29, 1.82) is 0 Å². The number of hydrogen-bond donors (Lipinski definition) is 3. The molecule has 9 nitrogen and oxygen atoms in total. The summed E-state index contributed by atoms with van der Waals surface area (Å²) in [6.45, 7) is 2.48. The molecule has 1 aromatic heterocycles. The first kappa shape index (κ1) is 20.8. The van der Waals surface area contributed by atoms with Gasteiger partial charge in [-0.1, -0.05) is 6.07 Å². The van der Waals surface area contributed by atoms with Crippen LogP contribution in [0.4, 0.5) is 5.13 Å². The van der Waals surface area contributed by atoms with E-state index < -0.39 is 23.8 Å². The first-order chi connectivity index (χ1) is 15.5. The summed E-state index contributed by atoms with van der Waals surface area (Å²) >= 11 is 1.56. The second-order valence-electron chi connectivity index (χ2n) is 8.30. The first-order valence-corrected chi connectivity index (χ1v) is 11.6. The van der Waals surface area contributed by atoms with Gasteiger partial charge in [0.1, 0.15) is 6.04 Å². The number of rotatable bonds is 5. The summed E-state index contributed by atoms with van der Waals surface area (Å²) in [5.41, 5.74) is 2.50. The van der Waals surface area contributed by atoms with E-state index >= 15 is 0 Å². The lowest BCUT2D eigenvalue weighted by molar-refractivity contribution is -0.136. The summed E-state index contributed by atoms with van der Waals surface area (Å²) in [6, 6.07) is 4.16. The van der Waals surface area contributed by atoms with E-state index in [0.717, 1.165) is 47.2 Å². The molecule has 32 heavy (non-hydrogen) atoms. The molecule has 3 N–H and O–H groups in total. The largest absolute Gasteiger partial charge is 0.357 e. The normalized spacial score (nSPS) is 23.3. The lowest BCUT2D eigenvalue weighted by Crippen LogP contribution is -2.54. The third kappa shape index (κ3) is 3.80. The predicted molar refractivity (Wildman–Crippen MR) is 117 cm³/mol. The molecule has 1 aromatic carbocycles. The minimum atomic E-state index is -0.954. The smallest absolute Gasteiger partial charge is 0.262 e. The number of benzene rings is 1. The number of carbonyl (C=O) groups excluding carboxylic acids is 4. The second-order valence-corrected chi connectivity index (χ2v) is 9.16. The van der Waals surface area contributed by atoms with Crippen molar-refractivity contribution >= 4 is 40.1 Å². The number of carbonyl (C=O) groups is 4. The summed E-state index contributed by atoms with van der Waals surface area (Å²) in [5, 5.41) is 11.8. The number of thiazole rings is 1. The van der Waals surface area contributed by atoms with Crippen LogP contribution in [0.3, 0.4) is 0 Å². The van der Waals surface area contributed by atoms with Crippen molar-refractivity contribution in [3.8, 4) is 0 Å². The number of imide groups is 2. The average molecular weight is 454 g/mol. The minimum Gasteiger partial charge on any atom is -0.357 e. The summed E-state index contributed by atoms with van der Waals surface area (Å²) < 4.78 is 0. The fraction of sp³-hybridized carbons (Fsp3) is 0.409. The molecule has 4 amide bonds. The number of piperidine rings is 2. The molecule has 2 fully saturated rings. The monoisotopic (exact) mass is 453 g/mol. The van der Waals surface area contributed by atoms with Crippen molar-refractivity contribution in [1.82, 2.24) is 20.5 Å². The number of fused-ring (bicyclic) bond motifs is 1. The average Bonchev–Trinajstić information content (AvgIpc) is 3.37. The molecule has 2 aromatic rings. The molecule has 5 rings (SSSR count). The molecule has 10 heteroatoms. The van der Waals surface area contributed by atoms with Crippen LogP contribution in [0.15, 0.2) is 23.6 Å². The number of anilines is 1. The number of nitrogens with zero attached hydrogens (tertiary/aromatic N) is 2. The van der Waals surface area contributed by atoms with Crippen LogP contribution in [-0.2, 0) is 16.1 Å². The molecule has 2 saturated heterocycles. The van der Waals surface area contributed by atoms with E-state index in [0.29, 0.717) is 12.5 Å². The summed E-state index contributed by atoms with van der Waals surface area (Å²) in [4.78, 5) is 55.0. The molecule has 3 aliphatic rings. The van der Waals surface area contributed by atoms with Gasteiger partial charge in [-0.05, 0) is 43.5 Å². The van der Waals surface area contributed by atoms with Crippen molar-refractivity contribution in [2.45, 2.75) is 44.2 Å². The van der Waals surface area contributed by atoms with Crippen molar-refractivity contribution < 1.29 is 19.2 Å². The Bertz CT molecular complexity index is 1110. The van der Waals surface area contributed by atoms with Crippen molar-refractivity contribution in [2.24, 2.45) is 0 Å². The Morgan fingerprint density at radius 1 is 1.12 bits per heavy atom. The molecular weight excluding hydrogens is 430 g/mol. The van der Waals surface area contributed by atoms with E-state index in [4.69, 9.17) is 4.98 Å². The quantitative estimate of drug-likeness (QED) is 0.589. The van der Waals surface area contributed by atoms with Crippen molar-refractivity contribution in [2.75, 3.05) is 18.4 Å². The third-order valence-corrected chi connectivity index (χ3v) is 7.00. The van der Waals surface area contributed by atoms with Gasteiger partial charge >= 0.3 is 0 Å². The van der Waals surface area contributed by atoms with E-state index in [9.17, 15) is 19.2 Å². The summed E-state index contributed by atoms with van der Waals surface area (Å²) in [5.74, 6) is -1.54. The number of hydrogen-bond acceptors (Lipinski definition) is 8. The van der Waals surface area contributed by atoms with Gasteiger partial charge in [0.05, 0.1) is 16.8 Å². The molecule has 0 spiro atoms. The Morgan fingerprint density at radius 3 is 2.75 bits per heavy atom. The van der Waals surface area contributed by atoms with Gasteiger partial charge in [-0.15, -0.1) is 11.3 Å². The molecular formula is C22H23N5O4S. The van der Waals surface area contributed by atoms with Crippen molar-refractivity contribution in [3.05, 3.63) is 46.0 Å². The van der Waals surface area contributed by atoms with E-state index in [2.05, 4.69) is 21.3 Å². The fourth-order valence-electron chi connectivity index (χ4n) is 4.46. The van der Waals surface area contributed by atoms with Crippen LogP contribution >= 0.6 is 11.3 Å². The number of amides is 4. The molecule has 0 bridgehead atoms. The van der Waals surface area contributed by atoms with Gasteiger partial charge in [-0.25, -0.2) is 4.98 Å². The van der Waals surface area contributed by atoms with E-state index in [1.54, 1.807) is 29.5 Å². The molecule has 0 saturated carbocycles. The van der Waals surface area contributed by atoms with Crippen LogP contribution in [0.2, 0.25) is 0 Å². The maximum atomic E-state index is 12.9. The Kier molecular flexibility index (Phi) is 5.48. The molecule has 166 valence electrons. The predicted octanol–water partition coefficient (Wildman–Crippen LogP) is 1.62. The van der Waals surface area contributed by atoms with E-state index in [1.807, 2.05) is 0 Å². The van der Waals surface area contributed by atoms with Crippen LogP contribution in [-0.4, -0.2) is 52.6 Å². The second kappa shape index (κ2) is 8.44. The molecule has 2 unspecified atom stereocenters. The van der Waals surface area contributed by atoms with Gasteiger partial charge < -0.3 is 10.6 Å². The SMILES string of the molecule is O=C1CCC(N2C(=O)c3ccc(CNc4nc(C5CCCNC5)cs4)cc3C2=O)C(=O)N1. The highest BCUT2D eigenvalue weighted by atomic mass is 32.1. The minimum absolute atomic E-state index is 0.103. The maximum absolute atomic E-state index is 12.9. The lowest BCUT2D eigenvalue weighted by atomic mass is 9.97. The third-order valence-electron chi connectivity index (χ3n) is 6.19. The van der Waals surface area contributed by atoms with Crippen molar-refractivity contribution in [3.63, 3.8) is 0 Å². The highest BCUT2D eigenvalue weighted by Crippen LogP contribution is 2.30. The lowest BCUT2D eigenvalue weighted by Gasteiger charge is -2.27. The van der Waals surface area contributed by atoms with Crippen LogP contribution in [0.25, 0.3) is 0 Å². The fourth-order valence-corrected chi connectivity index (χ4v) is 5.26. The highest BCUT2D eigenvalue weighted by Gasteiger charge is 2.44. The summed E-state index contributed by atoms with van der Waals surface area (Å²) in [7, 11) is 0. The molecule has 0 aliphatic carbocycles. The summed E-state index contributed by atoms with van der Waals surface area (Å²) in [6.07, 6.45) is 2.54. The Balaban J connectivity index is 1.27. The topological polar surface area (TPSA) is 120 Å². The van der Waals surface area contributed by atoms with Crippen LogP contribution in [0.1, 0.15) is 63.6 Å². The van der Waals surface area contributed by atoms with Gasteiger partial charge in [0, 0.05) is 30.8 Å². The molecule has 0 radical (unpaired) electrons. The highest BCUT2D eigenvalue weighted by molar-refractivity contribution is 7.13. The van der Waals surface area contributed by atoms with E-state index in [-0.39, 0.29) is 29.9 Å². The number of aromatic nitrogens is 1. The zero-order valence-electron chi connectivity index (χ0n) is 17.3. The van der Waals surface area contributed by atoms with Crippen LogP contribution < -0.4 is 16.0 Å².